The molecular weight excluding hydrogens is 409 g/mol. The minimum atomic E-state index is -0.586. The second kappa shape index (κ2) is 9.41. The summed E-state index contributed by atoms with van der Waals surface area (Å²) in [6, 6.07) is 11.0. The third kappa shape index (κ3) is 4.60. The molecule has 0 saturated carbocycles. The summed E-state index contributed by atoms with van der Waals surface area (Å²) in [5.74, 6) is -0.182. The van der Waals surface area contributed by atoms with Crippen LogP contribution < -0.4 is 14.8 Å². The summed E-state index contributed by atoms with van der Waals surface area (Å²) < 4.78 is 28.6. The third-order valence-electron chi connectivity index (χ3n) is 4.40. The second-order valence-electron chi connectivity index (χ2n) is 6.27. The number of halogens is 1. The Balaban J connectivity index is 1.84. The molecule has 6 nitrogen and oxygen atoms in total. The molecule has 30 heavy (non-hydrogen) atoms. The van der Waals surface area contributed by atoms with Crippen LogP contribution in [0.2, 0.25) is 0 Å². The van der Waals surface area contributed by atoms with E-state index >= 15 is 0 Å². The van der Waals surface area contributed by atoms with Crippen molar-refractivity contribution in [3.05, 3.63) is 64.8 Å². The van der Waals surface area contributed by atoms with Crippen LogP contribution in [-0.2, 0) is 16.0 Å². The van der Waals surface area contributed by atoms with Gasteiger partial charge in [-0.05, 0) is 35.4 Å². The van der Waals surface area contributed by atoms with Crippen LogP contribution >= 0.6 is 11.3 Å². The number of amides is 1. The average molecular weight is 429 g/mol. The van der Waals surface area contributed by atoms with Crippen LogP contribution in [0.15, 0.2) is 47.8 Å². The SMILES string of the molecule is COC(=O)c1c(-c2ccc(F)cc2)csc1NC(=O)Cc1ccc(OC)c(OC)c1. The number of anilines is 1. The number of nitrogens with one attached hydrogen (secondary N) is 1. The van der Waals surface area contributed by atoms with Gasteiger partial charge >= 0.3 is 5.97 Å². The topological polar surface area (TPSA) is 73.9 Å². The number of carbonyl (C=O) groups excluding carboxylic acids is 2. The molecule has 1 amide bonds. The summed E-state index contributed by atoms with van der Waals surface area (Å²) in [6.45, 7) is 0. The Labute approximate surface area is 177 Å². The first-order valence-electron chi connectivity index (χ1n) is 8.93. The van der Waals surface area contributed by atoms with Gasteiger partial charge in [-0.25, -0.2) is 9.18 Å². The number of thiophene rings is 1. The standard InChI is InChI=1S/C22H20FNO5S/c1-27-17-9-4-13(10-18(17)28-2)11-19(25)24-21-20(22(26)29-3)16(12-30-21)14-5-7-15(23)8-6-14/h4-10,12H,11H2,1-3H3,(H,24,25). The highest BCUT2D eigenvalue weighted by Gasteiger charge is 2.22. The molecule has 0 radical (unpaired) electrons. The molecule has 8 heteroatoms. The van der Waals surface area contributed by atoms with Gasteiger partial charge in [-0.3, -0.25) is 4.79 Å². The predicted molar refractivity (Wildman–Crippen MR) is 113 cm³/mol. The van der Waals surface area contributed by atoms with E-state index in [-0.39, 0.29) is 23.7 Å². The zero-order valence-electron chi connectivity index (χ0n) is 16.7. The molecule has 0 spiro atoms. The summed E-state index contributed by atoms with van der Waals surface area (Å²) in [5.41, 5.74) is 2.16. The van der Waals surface area contributed by atoms with Crippen LogP contribution in [0.4, 0.5) is 9.39 Å². The van der Waals surface area contributed by atoms with E-state index in [4.69, 9.17) is 14.2 Å². The van der Waals surface area contributed by atoms with E-state index in [1.807, 2.05) is 0 Å². The zero-order chi connectivity index (χ0) is 21.7. The molecule has 0 atom stereocenters. The molecule has 0 bridgehead atoms. The monoisotopic (exact) mass is 429 g/mol. The number of methoxy groups -OCH3 is 3. The van der Waals surface area contributed by atoms with Crippen molar-refractivity contribution in [1.29, 1.82) is 0 Å². The zero-order valence-corrected chi connectivity index (χ0v) is 17.5. The normalized spacial score (nSPS) is 10.4. The molecule has 1 N–H and O–H groups in total. The number of hydrogen-bond donors (Lipinski definition) is 1. The van der Waals surface area contributed by atoms with Gasteiger partial charge in [0.2, 0.25) is 5.91 Å². The fourth-order valence-corrected chi connectivity index (χ4v) is 3.92. The predicted octanol–water partition coefficient (Wildman–Crippen LogP) is 4.54. The van der Waals surface area contributed by atoms with Crippen LogP contribution in [0.25, 0.3) is 11.1 Å². The van der Waals surface area contributed by atoms with Crippen molar-refractivity contribution in [2.45, 2.75) is 6.42 Å². The maximum Gasteiger partial charge on any atom is 0.341 e. The molecule has 1 heterocycles. The van der Waals surface area contributed by atoms with E-state index in [0.29, 0.717) is 27.6 Å². The van der Waals surface area contributed by atoms with Gasteiger partial charge in [0.05, 0.1) is 27.8 Å². The van der Waals surface area contributed by atoms with E-state index in [2.05, 4.69) is 5.32 Å². The van der Waals surface area contributed by atoms with Crippen molar-refractivity contribution in [3.63, 3.8) is 0 Å². The highest BCUT2D eigenvalue weighted by atomic mass is 32.1. The summed E-state index contributed by atoms with van der Waals surface area (Å²) in [6.07, 6.45) is 0.0742. The Morgan fingerprint density at radius 1 is 1.00 bits per heavy atom. The summed E-state index contributed by atoms with van der Waals surface area (Å²) >= 11 is 1.20. The minimum absolute atomic E-state index is 0.0742. The number of esters is 1. The summed E-state index contributed by atoms with van der Waals surface area (Å²) in [5, 5.41) is 4.87. The first-order valence-corrected chi connectivity index (χ1v) is 9.81. The van der Waals surface area contributed by atoms with Gasteiger partial charge in [0.1, 0.15) is 16.4 Å². The van der Waals surface area contributed by atoms with Crippen molar-refractivity contribution < 1.29 is 28.2 Å². The minimum Gasteiger partial charge on any atom is -0.493 e. The largest absolute Gasteiger partial charge is 0.493 e. The van der Waals surface area contributed by atoms with Crippen LogP contribution in [0.5, 0.6) is 11.5 Å². The van der Waals surface area contributed by atoms with E-state index in [1.54, 1.807) is 35.7 Å². The molecular formula is C22H20FNO5S. The number of hydrogen-bond acceptors (Lipinski definition) is 6. The van der Waals surface area contributed by atoms with Gasteiger partial charge in [-0.1, -0.05) is 18.2 Å². The maximum absolute atomic E-state index is 13.3. The Bertz CT molecular complexity index is 1060. The van der Waals surface area contributed by atoms with E-state index < -0.39 is 5.97 Å². The molecule has 0 saturated heterocycles. The van der Waals surface area contributed by atoms with Gasteiger partial charge in [0.25, 0.3) is 0 Å². The Kier molecular flexibility index (Phi) is 6.68. The fourth-order valence-electron chi connectivity index (χ4n) is 2.94. The molecule has 0 aliphatic heterocycles. The average Bonchev–Trinajstić information content (AvgIpc) is 3.16. The lowest BCUT2D eigenvalue weighted by molar-refractivity contribution is -0.115. The smallest absolute Gasteiger partial charge is 0.341 e. The van der Waals surface area contributed by atoms with Crippen LogP contribution in [0.1, 0.15) is 15.9 Å². The van der Waals surface area contributed by atoms with Crippen LogP contribution in [-0.4, -0.2) is 33.2 Å². The van der Waals surface area contributed by atoms with Crippen molar-refractivity contribution in [1.82, 2.24) is 0 Å². The van der Waals surface area contributed by atoms with E-state index in [1.165, 1.54) is 44.8 Å². The Morgan fingerprint density at radius 3 is 2.33 bits per heavy atom. The number of rotatable bonds is 7. The van der Waals surface area contributed by atoms with E-state index in [9.17, 15) is 14.0 Å². The Hall–Kier alpha value is -3.39. The van der Waals surface area contributed by atoms with Gasteiger partial charge in [0.15, 0.2) is 11.5 Å². The molecule has 3 aromatic rings. The quantitative estimate of drug-likeness (QED) is 0.558. The van der Waals surface area contributed by atoms with Crippen molar-refractivity contribution in [3.8, 4) is 22.6 Å². The lowest BCUT2D eigenvalue weighted by Gasteiger charge is -2.10. The maximum atomic E-state index is 13.3. The molecule has 0 aliphatic rings. The summed E-state index contributed by atoms with van der Waals surface area (Å²) in [7, 11) is 4.32. The second-order valence-corrected chi connectivity index (χ2v) is 7.15. The molecule has 3 rings (SSSR count). The molecule has 1 aromatic heterocycles. The van der Waals surface area contributed by atoms with Crippen molar-refractivity contribution in [2.24, 2.45) is 0 Å². The lowest BCUT2D eigenvalue weighted by atomic mass is 10.0. The van der Waals surface area contributed by atoms with Crippen molar-refractivity contribution >= 4 is 28.2 Å². The molecule has 156 valence electrons. The third-order valence-corrected chi connectivity index (χ3v) is 5.30. The molecule has 0 fully saturated rings. The first-order chi connectivity index (χ1) is 14.5. The van der Waals surface area contributed by atoms with Gasteiger partial charge in [-0.2, -0.15) is 0 Å². The summed E-state index contributed by atoms with van der Waals surface area (Å²) in [4.78, 5) is 25.0. The Morgan fingerprint density at radius 2 is 1.70 bits per heavy atom. The van der Waals surface area contributed by atoms with Crippen LogP contribution in [0.3, 0.4) is 0 Å². The number of ether oxygens (including phenoxy) is 3. The van der Waals surface area contributed by atoms with Gasteiger partial charge in [0, 0.05) is 10.9 Å². The molecule has 0 aliphatic carbocycles. The van der Waals surface area contributed by atoms with Crippen molar-refractivity contribution in [2.75, 3.05) is 26.6 Å². The van der Waals surface area contributed by atoms with Gasteiger partial charge in [-0.15, -0.1) is 11.3 Å². The molecule has 2 aromatic carbocycles. The van der Waals surface area contributed by atoms with Crippen LogP contribution in [0, 0.1) is 5.82 Å². The highest BCUT2D eigenvalue weighted by molar-refractivity contribution is 7.15. The highest BCUT2D eigenvalue weighted by Crippen LogP contribution is 2.36. The molecule has 0 unspecified atom stereocenters. The number of benzene rings is 2. The van der Waals surface area contributed by atoms with Gasteiger partial charge < -0.3 is 19.5 Å². The fraction of sp³-hybridized carbons (Fsp3) is 0.182. The lowest BCUT2D eigenvalue weighted by Crippen LogP contribution is -2.16. The van der Waals surface area contributed by atoms with E-state index in [0.717, 1.165) is 5.56 Å². The first kappa shape index (κ1) is 21.3. The number of carbonyl (C=O) groups is 2.